The van der Waals surface area contributed by atoms with Gasteiger partial charge in [0.2, 0.25) is 0 Å². The summed E-state index contributed by atoms with van der Waals surface area (Å²) in [4.78, 5) is 24.8. The topological polar surface area (TPSA) is 102 Å². The van der Waals surface area contributed by atoms with Crippen LogP contribution in [0.1, 0.15) is 49.4 Å². The van der Waals surface area contributed by atoms with Gasteiger partial charge in [0, 0.05) is 13.1 Å². The quantitative estimate of drug-likeness (QED) is 0.588. The maximum absolute atomic E-state index is 13.0. The Morgan fingerprint density at radius 1 is 1.03 bits per heavy atom. The minimum absolute atomic E-state index is 0.00976. The fourth-order valence-corrected chi connectivity index (χ4v) is 4.99. The number of sulfonamides is 1. The first-order valence-corrected chi connectivity index (χ1v) is 12.4. The molecule has 1 aliphatic rings. The summed E-state index contributed by atoms with van der Waals surface area (Å²) in [5.74, 6) is -0.597. The van der Waals surface area contributed by atoms with Crippen molar-refractivity contribution >= 4 is 27.6 Å². The summed E-state index contributed by atoms with van der Waals surface area (Å²) in [5, 5.41) is 2.93. The predicted octanol–water partition coefficient (Wildman–Crippen LogP) is 3.51. The lowest BCUT2D eigenvalue weighted by molar-refractivity contribution is -0.130. The van der Waals surface area contributed by atoms with Crippen LogP contribution in [0.25, 0.3) is 0 Å². The third-order valence-corrected chi connectivity index (χ3v) is 7.56. The molecule has 8 nitrogen and oxygen atoms in total. The van der Waals surface area contributed by atoms with Crippen LogP contribution >= 0.6 is 0 Å². The lowest BCUT2D eigenvalue weighted by atomic mass is 9.95. The van der Waals surface area contributed by atoms with Crippen LogP contribution in [-0.2, 0) is 19.6 Å². The molecule has 1 fully saturated rings. The van der Waals surface area contributed by atoms with Gasteiger partial charge in [-0.25, -0.2) is 13.2 Å². The lowest BCUT2D eigenvalue weighted by Gasteiger charge is -2.24. The highest BCUT2D eigenvalue weighted by Crippen LogP contribution is 2.31. The maximum atomic E-state index is 13.0. The van der Waals surface area contributed by atoms with E-state index < -0.39 is 22.1 Å². The number of para-hydroxylation sites is 2. The molecule has 33 heavy (non-hydrogen) atoms. The first-order valence-electron chi connectivity index (χ1n) is 11.0. The second-order valence-corrected chi connectivity index (χ2v) is 10.0. The third-order valence-electron chi connectivity index (χ3n) is 5.78. The zero-order chi connectivity index (χ0) is 24.0. The van der Waals surface area contributed by atoms with E-state index in [0.29, 0.717) is 11.4 Å². The number of benzene rings is 2. The Bertz CT molecular complexity index is 1080. The number of carbonyl (C=O) groups is 2. The van der Waals surface area contributed by atoms with E-state index in [2.05, 4.69) is 5.32 Å². The number of hydrogen-bond acceptors (Lipinski definition) is 6. The van der Waals surface area contributed by atoms with E-state index in [1.165, 1.54) is 51.8 Å². The van der Waals surface area contributed by atoms with Crippen LogP contribution in [0.3, 0.4) is 0 Å². The van der Waals surface area contributed by atoms with Crippen molar-refractivity contribution < 1.29 is 27.5 Å². The molecule has 0 spiro atoms. The zero-order valence-corrected chi connectivity index (χ0v) is 19.9. The first kappa shape index (κ1) is 24.6. The van der Waals surface area contributed by atoms with Crippen LogP contribution < -0.4 is 14.4 Å². The normalized spacial score (nSPS) is 15.4. The summed E-state index contributed by atoms with van der Waals surface area (Å²) < 4.78 is 37.7. The number of amides is 1. The molecule has 1 atom stereocenters. The van der Waals surface area contributed by atoms with Crippen LogP contribution in [-0.4, -0.2) is 46.6 Å². The molecule has 2 aromatic carbocycles. The molecular weight excluding hydrogens is 444 g/mol. The number of methoxy groups -OCH3 is 1. The average molecular weight is 475 g/mol. The molecule has 0 radical (unpaired) electrons. The molecule has 3 rings (SSSR count). The summed E-state index contributed by atoms with van der Waals surface area (Å²) in [6.45, 7) is 1.52. The van der Waals surface area contributed by atoms with Gasteiger partial charge in [0.15, 0.2) is 6.10 Å². The summed E-state index contributed by atoms with van der Waals surface area (Å²) in [5.41, 5.74) is 0.549. The van der Waals surface area contributed by atoms with Gasteiger partial charge in [-0.1, -0.05) is 31.4 Å². The molecule has 0 aliphatic heterocycles. The van der Waals surface area contributed by atoms with E-state index >= 15 is 0 Å². The van der Waals surface area contributed by atoms with Crippen molar-refractivity contribution in [2.24, 2.45) is 0 Å². The molecule has 0 unspecified atom stereocenters. The highest BCUT2D eigenvalue weighted by atomic mass is 32.2. The van der Waals surface area contributed by atoms with Crippen molar-refractivity contribution in [3.63, 3.8) is 0 Å². The molecule has 0 heterocycles. The second-order valence-electron chi connectivity index (χ2n) is 8.06. The van der Waals surface area contributed by atoms with E-state index in [1.807, 2.05) is 0 Å². The van der Waals surface area contributed by atoms with Crippen LogP contribution in [0.2, 0.25) is 0 Å². The molecule has 2 aromatic rings. The molecule has 1 aliphatic carbocycles. The number of hydrogen-bond donors (Lipinski definition) is 1. The Morgan fingerprint density at radius 2 is 1.67 bits per heavy atom. The van der Waals surface area contributed by atoms with Gasteiger partial charge in [0.25, 0.3) is 15.9 Å². The van der Waals surface area contributed by atoms with Gasteiger partial charge >= 0.3 is 5.97 Å². The Balaban J connectivity index is 1.66. The van der Waals surface area contributed by atoms with Crippen molar-refractivity contribution in [1.82, 2.24) is 5.32 Å². The minimum Gasteiger partial charge on any atom is -0.495 e. The van der Waals surface area contributed by atoms with Gasteiger partial charge < -0.3 is 14.8 Å². The van der Waals surface area contributed by atoms with Crippen LogP contribution in [0.4, 0.5) is 5.69 Å². The largest absolute Gasteiger partial charge is 0.495 e. The SMILES string of the molecule is COc1ccccc1N(C)S(=O)(=O)c1ccc(C(=O)O[C@H](C)C(=O)NC2CCCCC2)cc1. The van der Waals surface area contributed by atoms with Gasteiger partial charge in [-0.05, 0) is 56.2 Å². The zero-order valence-electron chi connectivity index (χ0n) is 19.1. The molecule has 1 amide bonds. The first-order chi connectivity index (χ1) is 15.7. The summed E-state index contributed by atoms with van der Waals surface area (Å²) >= 11 is 0. The van der Waals surface area contributed by atoms with E-state index in [1.54, 1.807) is 24.3 Å². The van der Waals surface area contributed by atoms with Crippen LogP contribution in [0.5, 0.6) is 5.75 Å². The van der Waals surface area contributed by atoms with Crippen LogP contribution in [0.15, 0.2) is 53.4 Å². The van der Waals surface area contributed by atoms with Gasteiger partial charge in [0.05, 0.1) is 23.3 Å². The number of nitrogens with one attached hydrogen (secondary N) is 1. The number of anilines is 1. The van der Waals surface area contributed by atoms with Gasteiger partial charge in [-0.2, -0.15) is 0 Å². The smallest absolute Gasteiger partial charge is 0.338 e. The van der Waals surface area contributed by atoms with Crippen molar-refractivity contribution in [2.75, 3.05) is 18.5 Å². The van der Waals surface area contributed by atoms with Crippen LogP contribution in [0, 0.1) is 0 Å². The fraction of sp³-hybridized carbons (Fsp3) is 0.417. The van der Waals surface area contributed by atoms with E-state index in [-0.39, 0.29) is 22.4 Å². The average Bonchev–Trinajstić information content (AvgIpc) is 2.84. The van der Waals surface area contributed by atoms with Crippen molar-refractivity contribution in [1.29, 1.82) is 0 Å². The van der Waals surface area contributed by atoms with Crippen molar-refractivity contribution in [3.05, 3.63) is 54.1 Å². The minimum atomic E-state index is -3.88. The second kappa shape index (κ2) is 10.7. The highest BCUT2D eigenvalue weighted by Gasteiger charge is 2.25. The van der Waals surface area contributed by atoms with Gasteiger partial charge in [-0.3, -0.25) is 9.10 Å². The Morgan fingerprint density at radius 3 is 2.30 bits per heavy atom. The third kappa shape index (κ3) is 5.84. The Kier molecular flexibility index (Phi) is 7.97. The molecule has 9 heteroatoms. The van der Waals surface area contributed by atoms with Crippen molar-refractivity contribution in [2.45, 2.75) is 56.1 Å². The number of ether oxygens (including phenoxy) is 2. The van der Waals surface area contributed by atoms with E-state index in [4.69, 9.17) is 9.47 Å². The molecule has 1 saturated carbocycles. The fourth-order valence-electron chi connectivity index (χ4n) is 3.79. The molecular formula is C24H30N2O6S. The number of carbonyl (C=O) groups excluding carboxylic acids is 2. The van der Waals surface area contributed by atoms with E-state index in [9.17, 15) is 18.0 Å². The highest BCUT2D eigenvalue weighted by molar-refractivity contribution is 7.92. The Hall–Kier alpha value is -3.07. The molecule has 1 N–H and O–H groups in total. The molecule has 0 aromatic heterocycles. The standard InChI is InChI=1S/C24H30N2O6S/c1-17(23(27)25-19-9-5-4-6-10-19)32-24(28)18-13-15-20(16-14-18)33(29,30)26(2)21-11-7-8-12-22(21)31-3/h7-8,11-17,19H,4-6,9-10H2,1-3H3,(H,25,27)/t17-/m1/s1. The van der Waals surface area contributed by atoms with Crippen molar-refractivity contribution in [3.8, 4) is 5.75 Å². The molecule has 0 bridgehead atoms. The molecule has 0 saturated heterocycles. The monoisotopic (exact) mass is 474 g/mol. The molecule has 178 valence electrons. The Labute approximate surface area is 194 Å². The van der Waals surface area contributed by atoms with Gasteiger partial charge in [0.1, 0.15) is 5.75 Å². The number of rotatable bonds is 8. The predicted molar refractivity (Wildman–Crippen MR) is 125 cm³/mol. The number of nitrogens with zero attached hydrogens (tertiary/aromatic N) is 1. The summed E-state index contributed by atoms with van der Waals surface area (Å²) in [6.07, 6.45) is 4.27. The number of esters is 1. The summed E-state index contributed by atoms with van der Waals surface area (Å²) in [6, 6.07) is 12.3. The lowest BCUT2D eigenvalue weighted by Crippen LogP contribution is -2.42. The van der Waals surface area contributed by atoms with Gasteiger partial charge in [-0.15, -0.1) is 0 Å². The van der Waals surface area contributed by atoms with E-state index in [0.717, 1.165) is 30.0 Å². The maximum Gasteiger partial charge on any atom is 0.338 e. The summed E-state index contributed by atoms with van der Waals surface area (Å²) in [7, 11) is -0.982.